The smallest absolute Gasteiger partial charge is 0.321 e. The lowest BCUT2D eigenvalue weighted by atomic mass is 10.0. The van der Waals surface area contributed by atoms with E-state index in [2.05, 4.69) is 17.4 Å². The first kappa shape index (κ1) is 15.2. The molecule has 114 valence electrons. The van der Waals surface area contributed by atoms with Crippen LogP contribution in [0.3, 0.4) is 0 Å². The molecule has 1 aromatic rings. The van der Waals surface area contributed by atoms with Crippen LogP contribution < -0.4 is 11.1 Å². The maximum absolute atomic E-state index is 12.4. The van der Waals surface area contributed by atoms with Crippen molar-refractivity contribution in [1.82, 2.24) is 4.90 Å². The third kappa shape index (κ3) is 3.45. The normalized spacial score (nSPS) is 19.4. The van der Waals surface area contributed by atoms with Crippen molar-refractivity contribution in [2.45, 2.75) is 26.7 Å². The summed E-state index contributed by atoms with van der Waals surface area (Å²) in [7, 11) is 0. The van der Waals surface area contributed by atoms with Crippen molar-refractivity contribution in [2.75, 3.05) is 18.4 Å². The first-order valence-electron chi connectivity index (χ1n) is 7.16. The zero-order chi connectivity index (χ0) is 15.4. The highest BCUT2D eigenvalue weighted by molar-refractivity contribution is 6.06. The van der Waals surface area contributed by atoms with Crippen LogP contribution in [0.15, 0.2) is 23.4 Å². The van der Waals surface area contributed by atoms with Gasteiger partial charge in [-0.05, 0) is 37.3 Å². The molecule has 6 nitrogen and oxygen atoms in total. The molecule has 4 N–H and O–H groups in total. The number of nitrogens with zero attached hydrogens (tertiary/aromatic N) is 2. The summed E-state index contributed by atoms with van der Waals surface area (Å²) in [4.78, 5) is 14.2. The Hall–Kier alpha value is -2.24. The number of nitrogens with one attached hydrogen (secondary N) is 1. The number of likely N-dealkylation sites (tertiary alicyclic amines) is 1. The summed E-state index contributed by atoms with van der Waals surface area (Å²) in [5.74, 6) is 0.515. The van der Waals surface area contributed by atoms with Crippen molar-refractivity contribution >= 4 is 17.6 Å². The van der Waals surface area contributed by atoms with Crippen LogP contribution in [-0.4, -0.2) is 35.1 Å². The van der Waals surface area contributed by atoms with Gasteiger partial charge in [-0.1, -0.05) is 24.2 Å². The van der Waals surface area contributed by atoms with Crippen LogP contribution in [0.5, 0.6) is 0 Å². The molecule has 0 spiro atoms. The number of amidine groups is 1. The Kier molecular flexibility index (Phi) is 4.67. The maximum Gasteiger partial charge on any atom is 0.321 e. The molecule has 21 heavy (non-hydrogen) atoms. The Morgan fingerprint density at radius 2 is 2.29 bits per heavy atom. The molecule has 0 aromatic heterocycles. The van der Waals surface area contributed by atoms with Gasteiger partial charge in [0.05, 0.1) is 5.69 Å². The molecular weight excluding hydrogens is 268 g/mol. The zero-order valence-electron chi connectivity index (χ0n) is 12.5. The van der Waals surface area contributed by atoms with Crippen LogP contribution >= 0.6 is 0 Å². The van der Waals surface area contributed by atoms with Gasteiger partial charge in [-0.2, -0.15) is 0 Å². The molecule has 1 fully saturated rings. The highest BCUT2D eigenvalue weighted by Crippen LogP contribution is 2.21. The van der Waals surface area contributed by atoms with E-state index in [1.165, 1.54) is 0 Å². The van der Waals surface area contributed by atoms with Gasteiger partial charge in [0, 0.05) is 18.7 Å². The Morgan fingerprint density at radius 1 is 1.52 bits per heavy atom. The maximum atomic E-state index is 12.4. The number of piperidine rings is 1. The molecule has 1 unspecified atom stereocenters. The third-order valence-corrected chi connectivity index (χ3v) is 3.82. The highest BCUT2D eigenvalue weighted by atomic mass is 16.4. The minimum absolute atomic E-state index is 0.00425. The van der Waals surface area contributed by atoms with E-state index >= 15 is 0 Å². The van der Waals surface area contributed by atoms with Crippen LogP contribution in [0, 0.1) is 12.8 Å². The van der Waals surface area contributed by atoms with Crippen LogP contribution in [0.1, 0.15) is 30.9 Å². The third-order valence-electron chi connectivity index (χ3n) is 3.82. The number of oxime groups is 1. The van der Waals surface area contributed by atoms with Crippen molar-refractivity contribution in [3.05, 3.63) is 29.3 Å². The van der Waals surface area contributed by atoms with E-state index in [-0.39, 0.29) is 11.9 Å². The SMILES string of the molecule is Cc1cccc(NC(=O)N2CCCC(C)C2)c1/C(N)=N/O. The number of rotatable bonds is 2. The standard InChI is InChI=1S/C15H22N4O2/c1-10-5-4-8-19(9-10)15(20)17-12-7-3-6-11(2)13(12)14(16)18-21/h3,6-7,10,21H,4-5,8-9H2,1-2H3,(H2,16,18)(H,17,20). The molecule has 1 aromatic carbocycles. The van der Waals surface area contributed by atoms with Crippen molar-refractivity contribution < 1.29 is 10.0 Å². The summed E-state index contributed by atoms with van der Waals surface area (Å²) < 4.78 is 0. The topological polar surface area (TPSA) is 91.0 Å². The van der Waals surface area contributed by atoms with Gasteiger partial charge in [0.1, 0.15) is 0 Å². The second-order valence-electron chi connectivity index (χ2n) is 5.61. The summed E-state index contributed by atoms with van der Waals surface area (Å²) in [6, 6.07) is 5.30. The first-order chi connectivity index (χ1) is 10.0. The minimum atomic E-state index is -0.140. The molecule has 0 aliphatic carbocycles. The lowest BCUT2D eigenvalue weighted by molar-refractivity contribution is 0.182. The Balaban J connectivity index is 2.19. The molecule has 1 aliphatic heterocycles. The molecule has 1 aliphatic rings. The van der Waals surface area contributed by atoms with E-state index < -0.39 is 0 Å². The van der Waals surface area contributed by atoms with E-state index in [4.69, 9.17) is 10.9 Å². The number of aryl methyl sites for hydroxylation is 1. The van der Waals surface area contributed by atoms with Crippen molar-refractivity contribution in [2.24, 2.45) is 16.8 Å². The van der Waals surface area contributed by atoms with Gasteiger partial charge in [-0.25, -0.2) is 4.79 Å². The molecule has 1 atom stereocenters. The number of carbonyl (C=O) groups is 1. The average molecular weight is 290 g/mol. The summed E-state index contributed by atoms with van der Waals surface area (Å²) >= 11 is 0. The summed E-state index contributed by atoms with van der Waals surface area (Å²) in [5, 5.41) is 14.8. The molecule has 2 amide bonds. The monoisotopic (exact) mass is 290 g/mol. The van der Waals surface area contributed by atoms with Crippen LogP contribution in [0.4, 0.5) is 10.5 Å². The van der Waals surface area contributed by atoms with Gasteiger partial charge in [-0.3, -0.25) is 0 Å². The van der Waals surface area contributed by atoms with E-state index in [0.29, 0.717) is 17.2 Å². The second-order valence-corrected chi connectivity index (χ2v) is 5.61. The molecule has 6 heteroatoms. The number of urea groups is 1. The van der Waals surface area contributed by atoms with E-state index in [1.807, 2.05) is 24.0 Å². The largest absolute Gasteiger partial charge is 0.409 e. The molecule has 1 heterocycles. The van der Waals surface area contributed by atoms with Crippen LogP contribution in [-0.2, 0) is 0 Å². The fourth-order valence-electron chi connectivity index (χ4n) is 2.73. The Morgan fingerprint density at radius 3 is 2.95 bits per heavy atom. The van der Waals surface area contributed by atoms with Crippen LogP contribution in [0.25, 0.3) is 0 Å². The van der Waals surface area contributed by atoms with Gasteiger partial charge >= 0.3 is 6.03 Å². The van der Waals surface area contributed by atoms with Crippen molar-refractivity contribution in [1.29, 1.82) is 0 Å². The molecule has 1 saturated heterocycles. The number of nitrogens with two attached hydrogens (primary N) is 1. The quantitative estimate of drug-likeness (QED) is 0.338. The van der Waals surface area contributed by atoms with Crippen molar-refractivity contribution in [3.8, 4) is 0 Å². The summed E-state index contributed by atoms with van der Waals surface area (Å²) in [6.07, 6.45) is 2.18. The van der Waals surface area contributed by atoms with E-state index in [0.717, 1.165) is 31.5 Å². The number of benzene rings is 1. The zero-order valence-corrected chi connectivity index (χ0v) is 12.5. The second kappa shape index (κ2) is 6.47. The molecular formula is C15H22N4O2. The number of hydrogen-bond donors (Lipinski definition) is 3. The lowest BCUT2D eigenvalue weighted by Gasteiger charge is -2.31. The molecule has 2 rings (SSSR count). The average Bonchev–Trinajstić information content (AvgIpc) is 2.46. The predicted octanol–water partition coefficient (Wildman–Crippen LogP) is 2.35. The minimum Gasteiger partial charge on any atom is -0.409 e. The Bertz CT molecular complexity index is 557. The fraction of sp³-hybridized carbons (Fsp3) is 0.467. The summed E-state index contributed by atoms with van der Waals surface area (Å²) in [6.45, 7) is 5.53. The van der Waals surface area contributed by atoms with Gasteiger partial charge in [0.2, 0.25) is 0 Å². The molecule has 0 bridgehead atoms. The van der Waals surface area contributed by atoms with E-state index in [9.17, 15) is 4.79 Å². The van der Waals surface area contributed by atoms with Crippen LogP contribution in [0.2, 0.25) is 0 Å². The van der Waals surface area contributed by atoms with Gasteiger partial charge in [0.15, 0.2) is 5.84 Å². The highest BCUT2D eigenvalue weighted by Gasteiger charge is 2.22. The van der Waals surface area contributed by atoms with Crippen molar-refractivity contribution in [3.63, 3.8) is 0 Å². The number of carbonyl (C=O) groups excluding carboxylic acids is 1. The molecule has 0 saturated carbocycles. The summed E-state index contributed by atoms with van der Waals surface area (Å²) in [5.41, 5.74) is 7.67. The lowest BCUT2D eigenvalue weighted by Crippen LogP contribution is -2.42. The fourth-order valence-corrected chi connectivity index (χ4v) is 2.73. The predicted molar refractivity (Wildman–Crippen MR) is 82.7 cm³/mol. The first-order valence-corrected chi connectivity index (χ1v) is 7.16. The van der Waals surface area contributed by atoms with Gasteiger partial charge < -0.3 is 21.2 Å². The van der Waals surface area contributed by atoms with Gasteiger partial charge in [-0.15, -0.1) is 0 Å². The number of amides is 2. The van der Waals surface area contributed by atoms with Gasteiger partial charge in [0.25, 0.3) is 0 Å². The number of anilines is 1. The molecule has 0 radical (unpaired) electrons. The number of hydrogen-bond acceptors (Lipinski definition) is 3. The van der Waals surface area contributed by atoms with E-state index in [1.54, 1.807) is 6.07 Å². The Labute approximate surface area is 124 Å².